The average molecular weight is 247 g/mol. The summed E-state index contributed by atoms with van der Waals surface area (Å²) in [5.41, 5.74) is 4.80. The Labute approximate surface area is 108 Å². The van der Waals surface area contributed by atoms with E-state index in [0.29, 0.717) is 0 Å². The van der Waals surface area contributed by atoms with Gasteiger partial charge in [0.2, 0.25) is 0 Å². The third-order valence-electron chi connectivity index (χ3n) is 3.49. The van der Waals surface area contributed by atoms with Crippen LogP contribution in [0.25, 0.3) is 0 Å². The van der Waals surface area contributed by atoms with Crippen LogP contribution in [0.1, 0.15) is 34.0 Å². The molecule has 0 aliphatic rings. The van der Waals surface area contributed by atoms with Crippen LogP contribution in [0.5, 0.6) is 0 Å². The molecule has 0 atom stereocenters. The molecule has 0 spiro atoms. The van der Waals surface area contributed by atoms with Gasteiger partial charge in [0.05, 0.1) is 18.8 Å². The largest absolute Gasteiger partial charge is 0.465 e. The molecule has 0 bridgehead atoms. The van der Waals surface area contributed by atoms with E-state index in [1.165, 1.54) is 16.8 Å². The fraction of sp³-hybridized carbons (Fsp3) is 0.500. The molecule has 0 amide bonds. The Bertz CT molecular complexity index is 552. The van der Waals surface area contributed by atoms with Crippen molar-refractivity contribution in [1.82, 2.24) is 15.1 Å². The second kappa shape index (κ2) is 4.98. The molecule has 0 radical (unpaired) electrons. The highest BCUT2D eigenvalue weighted by atomic mass is 16.3. The van der Waals surface area contributed by atoms with Gasteiger partial charge in [0.15, 0.2) is 0 Å². The van der Waals surface area contributed by atoms with Crippen molar-refractivity contribution >= 4 is 0 Å². The minimum Gasteiger partial charge on any atom is -0.465 e. The second-order valence-corrected chi connectivity index (χ2v) is 4.78. The summed E-state index contributed by atoms with van der Waals surface area (Å²) in [7, 11) is 1.92. The van der Waals surface area contributed by atoms with Crippen LogP contribution in [-0.4, -0.2) is 16.8 Å². The zero-order chi connectivity index (χ0) is 13.3. The first-order valence-corrected chi connectivity index (χ1v) is 6.26. The summed E-state index contributed by atoms with van der Waals surface area (Å²) in [4.78, 5) is 0. The molecular formula is C14H21N3O. The van der Waals surface area contributed by atoms with E-state index < -0.39 is 0 Å². The summed E-state index contributed by atoms with van der Waals surface area (Å²) in [6, 6.07) is 2.11. The van der Waals surface area contributed by atoms with Gasteiger partial charge in [0.25, 0.3) is 0 Å². The van der Waals surface area contributed by atoms with Crippen molar-refractivity contribution in [1.29, 1.82) is 0 Å². The van der Waals surface area contributed by atoms with Gasteiger partial charge >= 0.3 is 0 Å². The van der Waals surface area contributed by atoms with Crippen molar-refractivity contribution in [3.63, 3.8) is 0 Å². The Morgan fingerprint density at radius 1 is 1.28 bits per heavy atom. The van der Waals surface area contributed by atoms with Crippen LogP contribution in [0.4, 0.5) is 0 Å². The molecule has 0 unspecified atom stereocenters. The molecule has 4 heteroatoms. The van der Waals surface area contributed by atoms with E-state index >= 15 is 0 Å². The lowest BCUT2D eigenvalue weighted by atomic mass is 10.2. The van der Waals surface area contributed by atoms with E-state index in [9.17, 15) is 0 Å². The highest BCUT2D eigenvalue weighted by molar-refractivity contribution is 5.26. The van der Waals surface area contributed by atoms with Crippen molar-refractivity contribution < 1.29 is 4.42 Å². The van der Waals surface area contributed by atoms with Gasteiger partial charge in [-0.05, 0) is 46.4 Å². The van der Waals surface area contributed by atoms with Crippen LogP contribution >= 0.6 is 0 Å². The third-order valence-corrected chi connectivity index (χ3v) is 3.49. The fourth-order valence-electron chi connectivity index (χ4n) is 2.11. The number of nitrogens with one attached hydrogen (secondary N) is 1. The average Bonchev–Trinajstić information content (AvgIpc) is 2.77. The van der Waals surface area contributed by atoms with E-state index in [-0.39, 0.29) is 0 Å². The zero-order valence-corrected chi connectivity index (χ0v) is 11.8. The van der Waals surface area contributed by atoms with Gasteiger partial charge in [-0.2, -0.15) is 5.10 Å². The van der Waals surface area contributed by atoms with E-state index in [1.807, 2.05) is 25.6 Å². The lowest BCUT2D eigenvalue weighted by Gasteiger charge is -2.03. The molecule has 2 aromatic rings. The Kier molecular flexibility index (Phi) is 3.57. The summed E-state index contributed by atoms with van der Waals surface area (Å²) < 4.78 is 7.75. The molecule has 0 saturated heterocycles. The summed E-state index contributed by atoms with van der Waals surface area (Å²) in [5.74, 6) is 1.95. The van der Waals surface area contributed by atoms with Crippen LogP contribution in [0.2, 0.25) is 0 Å². The SMILES string of the molecule is CNCc1cc(Cn2nc(C)c(C)c2C)c(C)o1. The number of hydrogen-bond donors (Lipinski definition) is 1. The quantitative estimate of drug-likeness (QED) is 0.902. The van der Waals surface area contributed by atoms with Gasteiger partial charge in [0.1, 0.15) is 11.5 Å². The summed E-state index contributed by atoms with van der Waals surface area (Å²) >= 11 is 0. The second-order valence-electron chi connectivity index (χ2n) is 4.78. The van der Waals surface area contributed by atoms with Crippen molar-refractivity contribution in [3.05, 3.63) is 40.1 Å². The zero-order valence-electron chi connectivity index (χ0n) is 11.8. The van der Waals surface area contributed by atoms with Gasteiger partial charge < -0.3 is 9.73 Å². The number of aromatic nitrogens is 2. The van der Waals surface area contributed by atoms with Crippen LogP contribution in [0, 0.1) is 27.7 Å². The standard InChI is InChI=1S/C14H21N3O/c1-9-10(2)16-17(11(9)3)8-13-6-14(7-15-5)18-12(13)4/h6,15H,7-8H2,1-5H3. The molecule has 0 aliphatic carbocycles. The maximum atomic E-state index is 5.70. The Hall–Kier alpha value is -1.55. The maximum absolute atomic E-state index is 5.70. The molecule has 0 fully saturated rings. The topological polar surface area (TPSA) is 43.0 Å². The molecule has 0 aromatic carbocycles. The lowest BCUT2D eigenvalue weighted by molar-refractivity contribution is 0.467. The number of hydrogen-bond acceptors (Lipinski definition) is 3. The predicted molar refractivity (Wildman–Crippen MR) is 71.7 cm³/mol. The molecule has 0 aliphatic heterocycles. The first-order chi connectivity index (χ1) is 8.52. The van der Waals surface area contributed by atoms with Crippen LogP contribution in [0.3, 0.4) is 0 Å². The van der Waals surface area contributed by atoms with Crippen LogP contribution in [-0.2, 0) is 13.1 Å². The highest BCUT2D eigenvalue weighted by Crippen LogP contribution is 2.18. The normalized spacial score (nSPS) is 11.2. The van der Waals surface area contributed by atoms with Crippen LogP contribution < -0.4 is 5.32 Å². The van der Waals surface area contributed by atoms with Crippen LogP contribution in [0.15, 0.2) is 10.5 Å². The molecule has 98 valence electrons. The number of rotatable bonds is 4. The molecule has 2 rings (SSSR count). The van der Waals surface area contributed by atoms with Gasteiger partial charge in [-0.25, -0.2) is 0 Å². The first-order valence-electron chi connectivity index (χ1n) is 6.26. The van der Waals surface area contributed by atoms with Gasteiger partial charge in [0, 0.05) is 11.3 Å². The van der Waals surface area contributed by atoms with E-state index in [0.717, 1.165) is 30.3 Å². The Morgan fingerprint density at radius 2 is 2.00 bits per heavy atom. The van der Waals surface area contributed by atoms with E-state index in [2.05, 4.69) is 30.3 Å². The van der Waals surface area contributed by atoms with Gasteiger partial charge in [-0.3, -0.25) is 4.68 Å². The van der Waals surface area contributed by atoms with Crippen molar-refractivity contribution in [3.8, 4) is 0 Å². The maximum Gasteiger partial charge on any atom is 0.118 e. The molecule has 18 heavy (non-hydrogen) atoms. The molecule has 4 nitrogen and oxygen atoms in total. The minimum atomic E-state index is 0.761. The summed E-state index contributed by atoms with van der Waals surface area (Å²) in [5, 5.41) is 7.66. The molecule has 1 N–H and O–H groups in total. The molecular weight excluding hydrogens is 226 g/mol. The lowest BCUT2D eigenvalue weighted by Crippen LogP contribution is -2.05. The number of aryl methyl sites for hydroxylation is 2. The van der Waals surface area contributed by atoms with E-state index in [1.54, 1.807) is 0 Å². The minimum absolute atomic E-state index is 0.761. The fourth-order valence-corrected chi connectivity index (χ4v) is 2.11. The molecule has 2 aromatic heterocycles. The first kappa shape index (κ1) is 12.9. The molecule has 0 saturated carbocycles. The van der Waals surface area contributed by atoms with Crippen molar-refractivity contribution in [2.24, 2.45) is 0 Å². The highest BCUT2D eigenvalue weighted by Gasteiger charge is 2.11. The van der Waals surface area contributed by atoms with Gasteiger partial charge in [-0.1, -0.05) is 0 Å². The third kappa shape index (κ3) is 2.34. The van der Waals surface area contributed by atoms with Crippen molar-refractivity contribution in [2.45, 2.75) is 40.8 Å². The summed E-state index contributed by atoms with van der Waals surface area (Å²) in [6.07, 6.45) is 0. The smallest absolute Gasteiger partial charge is 0.118 e. The monoisotopic (exact) mass is 247 g/mol. The number of furan rings is 1. The summed E-state index contributed by atoms with van der Waals surface area (Å²) in [6.45, 7) is 9.82. The van der Waals surface area contributed by atoms with Gasteiger partial charge in [-0.15, -0.1) is 0 Å². The molecule has 2 heterocycles. The van der Waals surface area contributed by atoms with E-state index in [4.69, 9.17) is 4.42 Å². The number of nitrogens with zero attached hydrogens (tertiary/aromatic N) is 2. The Balaban J connectivity index is 2.25. The Morgan fingerprint density at radius 3 is 2.56 bits per heavy atom. The van der Waals surface area contributed by atoms with Crippen molar-refractivity contribution in [2.75, 3.05) is 7.05 Å². The predicted octanol–water partition coefficient (Wildman–Crippen LogP) is 2.48.